The molecule has 1 aliphatic carbocycles. The normalized spacial score (nSPS) is 20.6. The fourth-order valence-electron chi connectivity index (χ4n) is 2.03. The van der Waals surface area contributed by atoms with E-state index >= 15 is 0 Å². The van der Waals surface area contributed by atoms with Crippen molar-refractivity contribution < 1.29 is 22.7 Å². The molecule has 0 aromatic carbocycles. The topological polar surface area (TPSA) is 26.3 Å². The molecule has 18 heavy (non-hydrogen) atoms. The molecule has 2 nitrogen and oxygen atoms in total. The van der Waals surface area contributed by atoms with Crippen LogP contribution in [-0.2, 0) is 9.53 Å². The summed E-state index contributed by atoms with van der Waals surface area (Å²) in [4.78, 5) is 11.9. The molecule has 1 fully saturated rings. The average molecular weight is 266 g/mol. The van der Waals surface area contributed by atoms with Gasteiger partial charge in [-0.25, -0.2) is 0 Å². The molecule has 5 heteroatoms. The van der Waals surface area contributed by atoms with Gasteiger partial charge < -0.3 is 4.74 Å². The van der Waals surface area contributed by atoms with Gasteiger partial charge in [0.1, 0.15) is 0 Å². The quantitative estimate of drug-likeness (QED) is 0.714. The maximum atomic E-state index is 13.2. The van der Waals surface area contributed by atoms with Gasteiger partial charge in [0.25, 0.3) is 0 Å². The molecule has 0 heterocycles. The molecule has 1 saturated carbocycles. The molecule has 0 aromatic heterocycles. The van der Waals surface area contributed by atoms with Crippen molar-refractivity contribution in [3.8, 4) is 0 Å². The van der Waals surface area contributed by atoms with Gasteiger partial charge in [-0.1, -0.05) is 13.3 Å². The van der Waals surface area contributed by atoms with Gasteiger partial charge in [-0.15, -0.1) is 0 Å². The highest BCUT2D eigenvalue weighted by Crippen LogP contribution is 2.45. The summed E-state index contributed by atoms with van der Waals surface area (Å²) in [6.07, 6.45) is -2.55. The molecule has 0 N–H and O–H groups in total. The van der Waals surface area contributed by atoms with E-state index in [1.807, 2.05) is 0 Å². The van der Waals surface area contributed by atoms with Crippen molar-refractivity contribution in [3.63, 3.8) is 0 Å². The van der Waals surface area contributed by atoms with Crippen LogP contribution < -0.4 is 0 Å². The second-order valence-electron chi connectivity index (χ2n) is 5.68. The highest BCUT2D eigenvalue weighted by Gasteiger charge is 2.58. The Morgan fingerprint density at radius 2 is 1.67 bits per heavy atom. The minimum atomic E-state index is -4.48. The van der Waals surface area contributed by atoms with Crippen LogP contribution in [0.5, 0.6) is 0 Å². The van der Waals surface area contributed by atoms with Crippen LogP contribution in [0.2, 0.25) is 0 Å². The number of hydrogen-bond donors (Lipinski definition) is 0. The van der Waals surface area contributed by atoms with Crippen molar-refractivity contribution in [1.29, 1.82) is 0 Å². The molecule has 1 rings (SSSR count). The fourth-order valence-corrected chi connectivity index (χ4v) is 2.03. The highest BCUT2D eigenvalue weighted by atomic mass is 19.4. The number of hydrogen-bond acceptors (Lipinski definition) is 2. The van der Waals surface area contributed by atoms with Crippen molar-refractivity contribution in [2.24, 2.45) is 5.41 Å². The molecule has 0 spiro atoms. The van der Waals surface area contributed by atoms with Crippen LogP contribution in [0.3, 0.4) is 0 Å². The Kier molecular flexibility index (Phi) is 4.34. The number of alkyl halides is 3. The van der Waals surface area contributed by atoms with Crippen molar-refractivity contribution in [2.75, 3.05) is 0 Å². The Morgan fingerprint density at radius 1 is 1.17 bits per heavy atom. The molecule has 106 valence electrons. The molecule has 0 unspecified atom stereocenters. The standard InChI is InChI=1S/C13H21F3O2/c1-4-11(2,3)10(17)18-12(13(14,15)16)8-6-5-7-9-12/h4-9H2,1-3H3. The van der Waals surface area contributed by atoms with Crippen LogP contribution in [0.25, 0.3) is 0 Å². The maximum absolute atomic E-state index is 13.2. The van der Waals surface area contributed by atoms with Crippen LogP contribution in [0.1, 0.15) is 59.3 Å². The molecule has 0 radical (unpaired) electrons. The van der Waals surface area contributed by atoms with E-state index in [0.717, 1.165) is 6.42 Å². The zero-order valence-corrected chi connectivity index (χ0v) is 11.2. The maximum Gasteiger partial charge on any atom is 0.428 e. The Bertz CT molecular complexity index is 302. The average Bonchev–Trinajstić information content (AvgIpc) is 2.28. The van der Waals surface area contributed by atoms with Crippen molar-refractivity contribution >= 4 is 5.97 Å². The summed E-state index contributed by atoms with van der Waals surface area (Å²) in [7, 11) is 0. The van der Waals surface area contributed by atoms with Crippen molar-refractivity contribution in [3.05, 3.63) is 0 Å². The molecular formula is C13H21F3O2. The lowest BCUT2D eigenvalue weighted by Gasteiger charge is -2.40. The lowest BCUT2D eigenvalue weighted by Crippen LogP contribution is -2.52. The Labute approximate surface area is 106 Å². The highest BCUT2D eigenvalue weighted by molar-refractivity contribution is 5.76. The van der Waals surface area contributed by atoms with E-state index in [-0.39, 0.29) is 12.8 Å². The van der Waals surface area contributed by atoms with E-state index in [1.165, 1.54) is 0 Å². The smallest absolute Gasteiger partial charge is 0.428 e. The summed E-state index contributed by atoms with van der Waals surface area (Å²) in [5.41, 5.74) is -3.12. The number of carbonyl (C=O) groups excluding carboxylic acids is 1. The minimum absolute atomic E-state index is 0.109. The summed E-state index contributed by atoms with van der Waals surface area (Å²) in [5, 5.41) is 0. The van der Waals surface area contributed by atoms with Gasteiger partial charge in [0.05, 0.1) is 5.41 Å². The number of esters is 1. The zero-order valence-electron chi connectivity index (χ0n) is 11.2. The third-order valence-corrected chi connectivity index (χ3v) is 3.90. The Morgan fingerprint density at radius 3 is 2.06 bits per heavy atom. The Hall–Kier alpha value is -0.740. The number of rotatable bonds is 3. The second-order valence-corrected chi connectivity index (χ2v) is 5.68. The predicted molar refractivity (Wildman–Crippen MR) is 62.0 cm³/mol. The predicted octanol–water partition coefficient (Wildman–Crippen LogP) is 4.23. The number of halogens is 3. The molecule has 0 bridgehead atoms. The zero-order chi connectivity index (χ0) is 14.0. The van der Waals surface area contributed by atoms with Crippen molar-refractivity contribution in [1.82, 2.24) is 0 Å². The molecule has 1 aliphatic rings. The lowest BCUT2D eigenvalue weighted by molar-refractivity contribution is -0.282. The first kappa shape index (κ1) is 15.3. The molecule has 0 saturated heterocycles. The van der Waals surface area contributed by atoms with Gasteiger partial charge in [0, 0.05) is 0 Å². The molecular weight excluding hydrogens is 245 g/mol. The number of carbonyl (C=O) groups is 1. The molecule has 0 amide bonds. The van der Waals surface area contributed by atoms with Crippen molar-refractivity contribution in [2.45, 2.75) is 71.1 Å². The van der Waals surface area contributed by atoms with E-state index in [2.05, 4.69) is 0 Å². The van der Waals surface area contributed by atoms with E-state index in [9.17, 15) is 18.0 Å². The van der Waals surface area contributed by atoms with Gasteiger partial charge in [0.2, 0.25) is 5.60 Å². The van der Waals surface area contributed by atoms with Crippen LogP contribution >= 0.6 is 0 Å². The summed E-state index contributed by atoms with van der Waals surface area (Å²) in [6, 6.07) is 0. The van der Waals surface area contributed by atoms with Gasteiger partial charge in [-0.3, -0.25) is 4.79 Å². The molecule has 0 aromatic rings. The molecule has 0 atom stereocenters. The van der Waals surface area contributed by atoms with Crippen LogP contribution in [0.4, 0.5) is 13.2 Å². The molecule has 0 aliphatic heterocycles. The summed E-state index contributed by atoms with van der Waals surface area (Å²) >= 11 is 0. The van der Waals surface area contributed by atoms with Gasteiger partial charge in [0.15, 0.2) is 0 Å². The third kappa shape index (κ3) is 2.98. The first-order chi connectivity index (χ1) is 8.15. The lowest BCUT2D eigenvalue weighted by atomic mass is 9.83. The van der Waals surface area contributed by atoms with E-state index in [1.54, 1.807) is 20.8 Å². The SMILES string of the molecule is CCC(C)(C)C(=O)OC1(C(F)(F)F)CCCCC1. The summed E-state index contributed by atoms with van der Waals surface area (Å²) < 4.78 is 44.5. The van der Waals surface area contributed by atoms with E-state index in [4.69, 9.17) is 4.74 Å². The first-order valence-corrected chi connectivity index (χ1v) is 6.45. The third-order valence-electron chi connectivity index (χ3n) is 3.90. The second kappa shape index (κ2) is 5.10. The number of ether oxygens (including phenoxy) is 1. The van der Waals surface area contributed by atoms with Gasteiger partial charge in [-0.2, -0.15) is 13.2 Å². The van der Waals surface area contributed by atoms with E-state index in [0.29, 0.717) is 19.3 Å². The largest absolute Gasteiger partial charge is 0.449 e. The first-order valence-electron chi connectivity index (χ1n) is 6.45. The van der Waals surface area contributed by atoms with Gasteiger partial charge >= 0.3 is 12.1 Å². The summed E-state index contributed by atoms with van der Waals surface area (Å²) in [6.45, 7) is 4.99. The fraction of sp³-hybridized carbons (Fsp3) is 0.923. The van der Waals surface area contributed by atoms with Crippen LogP contribution in [-0.4, -0.2) is 17.7 Å². The monoisotopic (exact) mass is 266 g/mol. The van der Waals surface area contributed by atoms with Crippen LogP contribution in [0.15, 0.2) is 0 Å². The minimum Gasteiger partial charge on any atom is -0.449 e. The Balaban J connectivity index is 2.90. The van der Waals surface area contributed by atoms with E-state index < -0.39 is 23.2 Å². The van der Waals surface area contributed by atoms with Crippen LogP contribution in [0, 0.1) is 5.41 Å². The summed E-state index contributed by atoms with van der Waals surface area (Å²) in [5.74, 6) is -0.746. The van der Waals surface area contributed by atoms with Gasteiger partial charge in [-0.05, 0) is 46.0 Å².